The summed E-state index contributed by atoms with van der Waals surface area (Å²) in [6.45, 7) is 3.19. The minimum atomic E-state index is -0.164. The Morgan fingerprint density at radius 3 is 3.00 bits per heavy atom. The molecule has 0 radical (unpaired) electrons. The van der Waals surface area contributed by atoms with Crippen LogP contribution in [0.4, 0.5) is 0 Å². The Bertz CT molecular complexity index is 405. The molecule has 4 heteroatoms. The molecule has 1 aliphatic rings. The van der Waals surface area contributed by atoms with E-state index in [1.165, 1.54) is 6.07 Å². The largest absolute Gasteiger partial charge is 0.508 e. The van der Waals surface area contributed by atoms with Crippen LogP contribution in [0, 0.1) is 6.92 Å². The van der Waals surface area contributed by atoms with Gasteiger partial charge in [0.25, 0.3) is 5.56 Å². The van der Waals surface area contributed by atoms with Crippen molar-refractivity contribution in [2.45, 2.75) is 32.4 Å². The Labute approximate surface area is 88.1 Å². The van der Waals surface area contributed by atoms with E-state index in [1.807, 2.05) is 6.92 Å². The molecule has 1 atom stereocenters. The van der Waals surface area contributed by atoms with Gasteiger partial charge in [-0.25, -0.2) is 0 Å². The highest BCUT2D eigenvalue weighted by molar-refractivity contribution is 5.21. The van der Waals surface area contributed by atoms with Gasteiger partial charge < -0.3 is 14.4 Å². The van der Waals surface area contributed by atoms with Crippen molar-refractivity contribution >= 4 is 0 Å². The lowest BCUT2D eigenvalue weighted by Gasteiger charge is -2.14. The Morgan fingerprint density at radius 2 is 2.40 bits per heavy atom. The van der Waals surface area contributed by atoms with E-state index >= 15 is 0 Å². The summed E-state index contributed by atoms with van der Waals surface area (Å²) in [5, 5.41) is 9.23. The van der Waals surface area contributed by atoms with Crippen LogP contribution in [-0.2, 0) is 11.3 Å². The SMILES string of the molecule is Cc1cc(O)cc(=O)n1CC1CCCO1. The number of rotatable bonds is 2. The molecule has 1 N–H and O–H groups in total. The van der Waals surface area contributed by atoms with Crippen molar-refractivity contribution in [1.29, 1.82) is 0 Å². The first-order valence-electron chi connectivity index (χ1n) is 5.19. The average molecular weight is 209 g/mol. The molecule has 0 saturated carbocycles. The van der Waals surface area contributed by atoms with Crippen LogP contribution in [0.1, 0.15) is 18.5 Å². The molecule has 2 rings (SSSR count). The van der Waals surface area contributed by atoms with E-state index < -0.39 is 0 Å². The van der Waals surface area contributed by atoms with Crippen LogP contribution in [-0.4, -0.2) is 22.4 Å². The summed E-state index contributed by atoms with van der Waals surface area (Å²) in [7, 11) is 0. The van der Waals surface area contributed by atoms with E-state index in [4.69, 9.17) is 4.74 Å². The molecule has 82 valence electrons. The van der Waals surface area contributed by atoms with Gasteiger partial charge >= 0.3 is 0 Å². The molecular weight excluding hydrogens is 194 g/mol. The summed E-state index contributed by atoms with van der Waals surface area (Å²) in [5.41, 5.74) is 0.610. The van der Waals surface area contributed by atoms with E-state index in [0.717, 1.165) is 25.1 Å². The van der Waals surface area contributed by atoms with Crippen molar-refractivity contribution in [1.82, 2.24) is 4.57 Å². The molecule has 2 heterocycles. The molecule has 1 fully saturated rings. The third-order valence-electron chi connectivity index (χ3n) is 2.73. The van der Waals surface area contributed by atoms with Crippen LogP contribution >= 0.6 is 0 Å². The molecule has 0 aromatic carbocycles. The summed E-state index contributed by atoms with van der Waals surface area (Å²) in [4.78, 5) is 11.6. The topological polar surface area (TPSA) is 51.5 Å². The van der Waals surface area contributed by atoms with Crippen LogP contribution in [0.15, 0.2) is 16.9 Å². The quantitative estimate of drug-likeness (QED) is 0.791. The standard InChI is InChI=1S/C11H15NO3/c1-8-5-9(13)6-11(14)12(8)7-10-3-2-4-15-10/h5-6,10,13H,2-4,7H2,1H3. The van der Waals surface area contributed by atoms with Crippen molar-refractivity contribution in [2.75, 3.05) is 6.61 Å². The Kier molecular flexibility index (Phi) is 2.77. The van der Waals surface area contributed by atoms with Gasteiger partial charge in [-0.05, 0) is 25.8 Å². The maximum atomic E-state index is 11.6. The van der Waals surface area contributed by atoms with Crippen LogP contribution in [0.2, 0.25) is 0 Å². The fourth-order valence-corrected chi connectivity index (χ4v) is 1.94. The predicted octanol–water partition coefficient (Wildman–Crippen LogP) is 1.04. The molecule has 15 heavy (non-hydrogen) atoms. The number of hydrogen-bond donors (Lipinski definition) is 1. The second-order valence-corrected chi connectivity index (χ2v) is 3.94. The number of ether oxygens (including phenoxy) is 1. The normalized spacial score (nSPS) is 20.7. The van der Waals surface area contributed by atoms with Crippen LogP contribution in [0.3, 0.4) is 0 Å². The van der Waals surface area contributed by atoms with E-state index in [2.05, 4.69) is 0 Å². The van der Waals surface area contributed by atoms with Crippen LogP contribution < -0.4 is 5.56 Å². The van der Waals surface area contributed by atoms with Gasteiger partial charge in [0.05, 0.1) is 12.6 Å². The fourth-order valence-electron chi connectivity index (χ4n) is 1.94. The molecule has 0 aliphatic carbocycles. The number of nitrogens with zero attached hydrogens (tertiary/aromatic N) is 1. The number of aromatic hydroxyl groups is 1. The molecule has 0 bridgehead atoms. The monoisotopic (exact) mass is 209 g/mol. The first kappa shape index (κ1) is 10.2. The lowest BCUT2D eigenvalue weighted by Crippen LogP contribution is -2.27. The lowest BCUT2D eigenvalue weighted by atomic mass is 10.2. The van der Waals surface area contributed by atoms with E-state index in [1.54, 1.807) is 10.6 Å². The second-order valence-electron chi connectivity index (χ2n) is 3.94. The van der Waals surface area contributed by atoms with Gasteiger partial charge in [0, 0.05) is 18.4 Å². The van der Waals surface area contributed by atoms with Crippen molar-refractivity contribution in [3.8, 4) is 5.75 Å². The summed E-state index contributed by atoms with van der Waals surface area (Å²) in [6, 6.07) is 2.83. The molecule has 1 saturated heterocycles. The molecular formula is C11H15NO3. The zero-order valence-corrected chi connectivity index (χ0v) is 8.77. The molecule has 1 aromatic rings. The maximum Gasteiger partial charge on any atom is 0.254 e. The number of hydrogen-bond acceptors (Lipinski definition) is 3. The minimum absolute atomic E-state index is 0.0288. The second kappa shape index (κ2) is 4.06. The van der Waals surface area contributed by atoms with E-state index in [0.29, 0.717) is 6.54 Å². The first-order valence-corrected chi connectivity index (χ1v) is 5.19. The van der Waals surface area contributed by atoms with Crippen LogP contribution in [0.25, 0.3) is 0 Å². The van der Waals surface area contributed by atoms with Gasteiger partial charge in [0.2, 0.25) is 0 Å². The highest BCUT2D eigenvalue weighted by Gasteiger charge is 2.17. The molecule has 1 aromatic heterocycles. The Balaban J connectivity index is 2.23. The summed E-state index contributed by atoms with van der Waals surface area (Å²) >= 11 is 0. The highest BCUT2D eigenvalue weighted by Crippen LogP contribution is 2.15. The molecule has 4 nitrogen and oxygen atoms in total. The number of aromatic nitrogens is 1. The molecule has 1 aliphatic heterocycles. The van der Waals surface area contributed by atoms with Crippen molar-refractivity contribution < 1.29 is 9.84 Å². The third kappa shape index (κ3) is 2.21. The van der Waals surface area contributed by atoms with Crippen molar-refractivity contribution in [2.24, 2.45) is 0 Å². The maximum absolute atomic E-state index is 11.6. The zero-order chi connectivity index (χ0) is 10.8. The zero-order valence-electron chi connectivity index (χ0n) is 8.77. The fraction of sp³-hybridized carbons (Fsp3) is 0.545. The third-order valence-corrected chi connectivity index (χ3v) is 2.73. The van der Waals surface area contributed by atoms with E-state index in [9.17, 15) is 9.90 Å². The van der Waals surface area contributed by atoms with Crippen molar-refractivity contribution in [3.63, 3.8) is 0 Å². The van der Waals surface area contributed by atoms with Gasteiger partial charge in [-0.15, -0.1) is 0 Å². The van der Waals surface area contributed by atoms with Gasteiger partial charge in [-0.2, -0.15) is 0 Å². The molecule has 0 amide bonds. The number of pyridine rings is 1. The summed E-state index contributed by atoms with van der Waals surface area (Å²) in [5.74, 6) is 0.0288. The van der Waals surface area contributed by atoms with E-state index in [-0.39, 0.29) is 17.4 Å². The van der Waals surface area contributed by atoms with Gasteiger partial charge in [-0.1, -0.05) is 0 Å². The van der Waals surface area contributed by atoms with Crippen LogP contribution in [0.5, 0.6) is 5.75 Å². The highest BCUT2D eigenvalue weighted by atomic mass is 16.5. The van der Waals surface area contributed by atoms with Gasteiger partial charge in [-0.3, -0.25) is 4.79 Å². The summed E-state index contributed by atoms with van der Waals surface area (Å²) in [6.07, 6.45) is 2.22. The minimum Gasteiger partial charge on any atom is -0.508 e. The Morgan fingerprint density at radius 1 is 1.60 bits per heavy atom. The summed E-state index contributed by atoms with van der Waals surface area (Å²) < 4.78 is 7.12. The van der Waals surface area contributed by atoms with Crippen molar-refractivity contribution in [3.05, 3.63) is 28.2 Å². The molecule has 1 unspecified atom stereocenters. The van der Waals surface area contributed by atoms with Gasteiger partial charge in [0.1, 0.15) is 5.75 Å². The first-order chi connectivity index (χ1) is 7.16. The predicted molar refractivity (Wildman–Crippen MR) is 56.1 cm³/mol. The Hall–Kier alpha value is -1.29. The smallest absolute Gasteiger partial charge is 0.254 e. The average Bonchev–Trinajstić information content (AvgIpc) is 2.63. The number of aryl methyl sites for hydroxylation is 1. The lowest BCUT2D eigenvalue weighted by molar-refractivity contribution is 0.0956. The molecule has 0 spiro atoms. The van der Waals surface area contributed by atoms with Gasteiger partial charge in [0.15, 0.2) is 0 Å².